The minimum atomic E-state index is 0.133. The molecule has 1 aromatic carbocycles. The maximum Gasteiger partial charge on any atom is 0.125 e. The number of hydrogen-bond donors (Lipinski definition) is 1. The van der Waals surface area contributed by atoms with Gasteiger partial charge in [0.25, 0.3) is 0 Å². The van der Waals surface area contributed by atoms with Gasteiger partial charge in [-0.2, -0.15) is 0 Å². The van der Waals surface area contributed by atoms with Crippen LogP contribution in [-0.4, -0.2) is 25.8 Å². The van der Waals surface area contributed by atoms with E-state index < -0.39 is 0 Å². The van der Waals surface area contributed by atoms with Gasteiger partial charge >= 0.3 is 0 Å². The van der Waals surface area contributed by atoms with Crippen molar-refractivity contribution in [2.75, 3.05) is 19.7 Å². The highest BCUT2D eigenvalue weighted by Crippen LogP contribution is 2.33. The molecule has 2 aliphatic rings. The lowest BCUT2D eigenvalue weighted by Crippen LogP contribution is -2.34. The molecule has 1 saturated carbocycles. The number of morpholine rings is 1. The molecule has 3 rings (SSSR count). The number of hydrogen-bond acceptors (Lipinski definition) is 3. The lowest BCUT2D eigenvalue weighted by atomic mass is 9.95. The van der Waals surface area contributed by atoms with Gasteiger partial charge in [-0.1, -0.05) is 11.6 Å². The Balaban J connectivity index is 1.81. The zero-order valence-corrected chi connectivity index (χ0v) is 10.9. The first kappa shape index (κ1) is 12.0. The first-order valence-corrected chi connectivity index (χ1v) is 6.92. The second-order valence-electron chi connectivity index (χ2n) is 5.28. The van der Waals surface area contributed by atoms with E-state index in [9.17, 15) is 0 Å². The van der Waals surface area contributed by atoms with E-state index in [0.29, 0.717) is 6.10 Å². The molecule has 0 bridgehead atoms. The Morgan fingerprint density at radius 2 is 2.22 bits per heavy atom. The summed E-state index contributed by atoms with van der Waals surface area (Å²) >= 11 is 0. The van der Waals surface area contributed by atoms with Gasteiger partial charge in [-0.15, -0.1) is 0 Å². The Hall–Kier alpha value is -1.06. The number of nitrogens with one attached hydrogen (secondary N) is 1. The summed E-state index contributed by atoms with van der Waals surface area (Å²) in [4.78, 5) is 0. The van der Waals surface area contributed by atoms with Crippen molar-refractivity contribution in [2.45, 2.75) is 38.4 Å². The van der Waals surface area contributed by atoms with E-state index in [-0.39, 0.29) is 6.10 Å². The molecule has 18 heavy (non-hydrogen) atoms. The van der Waals surface area contributed by atoms with Gasteiger partial charge in [-0.05, 0) is 38.3 Å². The second-order valence-corrected chi connectivity index (χ2v) is 5.28. The maximum atomic E-state index is 6.08. The Bertz CT molecular complexity index is 409. The molecule has 1 aliphatic heterocycles. The molecule has 3 heteroatoms. The molecule has 3 nitrogen and oxygen atoms in total. The number of benzene rings is 1. The summed E-state index contributed by atoms with van der Waals surface area (Å²) in [6, 6.07) is 6.42. The van der Waals surface area contributed by atoms with E-state index in [0.717, 1.165) is 25.4 Å². The first-order valence-electron chi connectivity index (χ1n) is 6.92. The second kappa shape index (κ2) is 5.29. The van der Waals surface area contributed by atoms with Crippen molar-refractivity contribution in [3.05, 3.63) is 29.3 Å². The van der Waals surface area contributed by atoms with Gasteiger partial charge in [0.05, 0.1) is 18.8 Å². The number of rotatable bonds is 3. The molecule has 1 aliphatic carbocycles. The standard InChI is InChI=1S/C15H21NO2/c1-11-5-6-14(18-12-3-2-4-12)13(9-11)15-10-16-7-8-17-15/h5-6,9,12,15-16H,2-4,7-8,10H2,1H3. The molecule has 1 saturated heterocycles. The smallest absolute Gasteiger partial charge is 0.125 e. The van der Waals surface area contributed by atoms with Crippen LogP contribution in [0, 0.1) is 6.92 Å². The summed E-state index contributed by atoms with van der Waals surface area (Å²) in [5, 5.41) is 3.38. The van der Waals surface area contributed by atoms with E-state index in [4.69, 9.17) is 9.47 Å². The van der Waals surface area contributed by atoms with Crippen LogP contribution < -0.4 is 10.1 Å². The van der Waals surface area contributed by atoms with Crippen molar-refractivity contribution >= 4 is 0 Å². The number of ether oxygens (including phenoxy) is 2. The molecule has 0 amide bonds. The Labute approximate surface area is 108 Å². The van der Waals surface area contributed by atoms with Crippen LogP contribution in [-0.2, 0) is 4.74 Å². The average molecular weight is 247 g/mol. The van der Waals surface area contributed by atoms with E-state index in [1.165, 1.54) is 30.4 Å². The topological polar surface area (TPSA) is 30.5 Å². The monoisotopic (exact) mass is 247 g/mol. The van der Waals surface area contributed by atoms with Crippen LogP contribution in [0.2, 0.25) is 0 Å². The normalized spacial score (nSPS) is 24.6. The van der Waals surface area contributed by atoms with Crippen molar-refractivity contribution < 1.29 is 9.47 Å². The van der Waals surface area contributed by atoms with E-state index >= 15 is 0 Å². The number of aryl methyl sites for hydroxylation is 1. The predicted octanol–water partition coefficient (Wildman–Crippen LogP) is 2.59. The van der Waals surface area contributed by atoms with Gasteiger partial charge < -0.3 is 14.8 Å². The quantitative estimate of drug-likeness (QED) is 0.890. The van der Waals surface area contributed by atoms with Gasteiger partial charge in [0.15, 0.2) is 0 Å². The Kier molecular flexibility index (Phi) is 3.52. The van der Waals surface area contributed by atoms with Crippen LogP contribution in [0.3, 0.4) is 0 Å². The fraction of sp³-hybridized carbons (Fsp3) is 0.600. The summed E-state index contributed by atoms with van der Waals surface area (Å²) < 4.78 is 11.9. The van der Waals surface area contributed by atoms with Crippen molar-refractivity contribution in [3.8, 4) is 5.75 Å². The molecule has 0 aromatic heterocycles. The summed E-state index contributed by atoms with van der Waals surface area (Å²) in [6.07, 6.45) is 4.23. The fourth-order valence-electron chi connectivity index (χ4n) is 2.46. The van der Waals surface area contributed by atoms with Crippen molar-refractivity contribution in [1.82, 2.24) is 5.32 Å². The van der Waals surface area contributed by atoms with Crippen LogP contribution in [0.25, 0.3) is 0 Å². The molecule has 0 spiro atoms. The molecule has 1 heterocycles. The van der Waals surface area contributed by atoms with Crippen LogP contribution in [0.15, 0.2) is 18.2 Å². The summed E-state index contributed by atoms with van der Waals surface area (Å²) in [5.41, 5.74) is 2.47. The molecule has 1 unspecified atom stereocenters. The first-order chi connectivity index (χ1) is 8.83. The van der Waals surface area contributed by atoms with Crippen molar-refractivity contribution in [2.24, 2.45) is 0 Å². The van der Waals surface area contributed by atoms with Crippen LogP contribution >= 0.6 is 0 Å². The SMILES string of the molecule is Cc1ccc(OC2CCC2)c(C2CNCCO2)c1. The third-order valence-electron chi connectivity index (χ3n) is 3.79. The van der Waals surface area contributed by atoms with Crippen molar-refractivity contribution in [3.63, 3.8) is 0 Å². The van der Waals surface area contributed by atoms with Gasteiger partial charge in [0.2, 0.25) is 0 Å². The molecular weight excluding hydrogens is 226 g/mol. The van der Waals surface area contributed by atoms with E-state index in [1.54, 1.807) is 0 Å². The molecule has 1 N–H and O–H groups in total. The molecule has 2 fully saturated rings. The van der Waals surface area contributed by atoms with Crippen LogP contribution in [0.5, 0.6) is 5.75 Å². The highest BCUT2D eigenvalue weighted by molar-refractivity contribution is 5.39. The minimum absolute atomic E-state index is 0.133. The Morgan fingerprint density at radius 3 is 2.89 bits per heavy atom. The highest BCUT2D eigenvalue weighted by Gasteiger charge is 2.24. The summed E-state index contributed by atoms with van der Waals surface area (Å²) in [7, 11) is 0. The highest BCUT2D eigenvalue weighted by atomic mass is 16.5. The third-order valence-corrected chi connectivity index (χ3v) is 3.79. The maximum absolute atomic E-state index is 6.08. The van der Waals surface area contributed by atoms with Crippen molar-refractivity contribution in [1.29, 1.82) is 0 Å². The minimum Gasteiger partial charge on any atom is -0.490 e. The zero-order valence-electron chi connectivity index (χ0n) is 10.9. The largest absolute Gasteiger partial charge is 0.490 e. The van der Waals surface area contributed by atoms with Gasteiger partial charge in [0.1, 0.15) is 5.75 Å². The van der Waals surface area contributed by atoms with Gasteiger partial charge in [-0.3, -0.25) is 0 Å². The fourth-order valence-corrected chi connectivity index (χ4v) is 2.46. The summed E-state index contributed by atoms with van der Waals surface area (Å²) in [6.45, 7) is 4.72. The van der Waals surface area contributed by atoms with Gasteiger partial charge in [0, 0.05) is 18.7 Å². The third kappa shape index (κ3) is 2.52. The molecular formula is C15H21NO2. The van der Waals surface area contributed by atoms with Crippen LogP contribution in [0.1, 0.15) is 36.5 Å². The molecule has 1 aromatic rings. The predicted molar refractivity (Wildman–Crippen MR) is 71.0 cm³/mol. The average Bonchev–Trinajstić information content (AvgIpc) is 2.36. The molecule has 98 valence electrons. The zero-order chi connectivity index (χ0) is 12.4. The van der Waals surface area contributed by atoms with Crippen LogP contribution in [0.4, 0.5) is 0 Å². The summed E-state index contributed by atoms with van der Waals surface area (Å²) in [5.74, 6) is 1.01. The van der Waals surface area contributed by atoms with E-state index in [1.807, 2.05) is 0 Å². The van der Waals surface area contributed by atoms with Gasteiger partial charge in [-0.25, -0.2) is 0 Å². The molecule has 1 atom stereocenters. The van der Waals surface area contributed by atoms with E-state index in [2.05, 4.69) is 30.4 Å². The lowest BCUT2D eigenvalue weighted by Gasteiger charge is -2.30. The molecule has 0 radical (unpaired) electrons. The lowest BCUT2D eigenvalue weighted by molar-refractivity contribution is 0.0234. The Morgan fingerprint density at radius 1 is 1.33 bits per heavy atom.